The summed E-state index contributed by atoms with van der Waals surface area (Å²) in [4.78, 5) is 10.1. The number of carboxylic acid groups (broad SMARTS) is 1. The number of phenols is 2. The molecule has 19 heavy (non-hydrogen) atoms. The summed E-state index contributed by atoms with van der Waals surface area (Å²) in [5.41, 5.74) is 0.746. The Bertz CT molecular complexity index is 530. The molecule has 2 aromatic carbocycles. The highest BCUT2D eigenvalue weighted by molar-refractivity contribution is 5.85. The van der Waals surface area contributed by atoms with E-state index in [1.807, 2.05) is 6.07 Å². The van der Waals surface area contributed by atoms with Crippen molar-refractivity contribution in [2.24, 2.45) is 0 Å². The number of carbonyl (C=O) groups is 1. The van der Waals surface area contributed by atoms with Crippen molar-refractivity contribution < 1.29 is 20.1 Å². The smallest absolute Gasteiger partial charge is 0.328 e. The third kappa shape index (κ3) is 6.53. The molecule has 4 nitrogen and oxygen atoms in total. The average molecular weight is 258 g/mol. The Hall–Kier alpha value is -2.75. The van der Waals surface area contributed by atoms with Crippen molar-refractivity contribution in [2.45, 2.75) is 0 Å². The molecular weight excluding hydrogens is 244 g/mol. The molecule has 98 valence electrons. The van der Waals surface area contributed by atoms with Crippen LogP contribution in [0.2, 0.25) is 0 Å². The van der Waals surface area contributed by atoms with Crippen molar-refractivity contribution in [1.29, 1.82) is 0 Å². The number of aromatic hydroxyl groups is 2. The predicted molar refractivity (Wildman–Crippen MR) is 72.9 cm³/mol. The van der Waals surface area contributed by atoms with Crippen LogP contribution >= 0.6 is 0 Å². The van der Waals surface area contributed by atoms with Crippen molar-refractivity contribution in [3.63, 3.8) is 0 Å². The number of aliphatic carboxylic acids is 1. The number of benzene rings is 2. The summed E-state index contributed by atoms with van der Waals surface area (Å²) in [6, 6.07) is 15.0. The second-order valence-corrected chi connectivity index (χ2v) is 3.60. The van der Waals surface area contributed by atoms with E-state index < -0.39 is 5.97 Å². The van der Waals surface area contributed by atoms with Gasteiger partial charge in [0.15, 0.2) is 0 Å². The Morgan fingerprint density at radius 3 is 1.79 bits per heavy atom. The molecule has 0 unspecified atom stereocenters. The summed E-state index contributed by atoms with van der Waals surface area (Å²) < 4.78 is 0. The van der Waals surface area contributed by atoms with Gasteiger partial charge in [-0.2, -0.15) is 0 Å². The maximum atomic E-state index is 10.1. The van der Waals surface area contributed by atoms with Crippen LogP contribution in [-0.2, 0) is 4.79 Å². The molecule has 0 bridgehead atoms. The summed E-state index contributed by atoms with van der Waals surface area (Å²) in [5, 5.41) is 25.8. The van der Waals surface area contributed by atoms with Crippen LogP contribution in [0.3, 0.4) is 0 Å². The molecule has 0 saturated carbocycles. The Morgan fingerprint density at radius 2 is 1.37 bits per heavy atom. The van der Waals surface area contributed by atoms with Gasteiger partial charge in [-0.1, -0.05) is 30.3 Å². The highest BCUT2D eigenvalue weighted by Gasteiger charge is 1.89. The third-order valence-corrected chi connectivity index (χ3v) is 2.07. The van der Waals surface area contributed by atoms with Gasteiger partial charge in [-0.15, -0.1) is 0 Å². The fraction of sp³-hybridized carbons (Fsp3) is 0. The van der Waals surface area contributed by atoms with Gasteiger partial charge in [-0.25, -0.2) is 4.79 Å². The second kappa shape index (κ2) is 7.55. The topological polar surface area (TPSA) is 77.8 Å². The lowest BCUT2D eigenvalue weighted by Crippen LogP contribution is -1.85. The highest BCUT2D eigenvalue weighted by Crippen LogP contribution is 2.10. The van der Waals surface area contributed by atoms with Crippen molar-refractivity contribution >= 4 is 12.0 Å². The van der Waals surface area contributed by atoms with Crippen LogP contribution in [0.1, 0.15) is 5.56 Å². The Morgan fingerprint density at radius 1 is 0.842 bits per heavy atom. The van der Waals surface area contributed by atoms with Gasteiger partial charge in [0.1, 0.15) is 11.5 Å². The van der Waals surface area contributed by atoms with E-state index in [1.54, 1.807) is 36.4 Å². The molecule has 0 amide bonds. The first kappa shape index (κ1) is 14.3. The molecule has 4 heteroatoms. The monoisotopic (exact) mass is 258 g/mol. The summed E-state index contributed by atoms with van der Waals surface area (Å²) in [5.74, 6) is -0.493. The van der Waals surface area contributed by atoms with Crippen molar-refractivity contribution in [2.75, 3.05) is 0 Å². The van der Waals surface area contributed by atoms with Crippen LogP contribution < -0.4 is 0 Å². The van der Waals surface area contributed by atoms with E-state index in [0.717, 1.165) is 11.6 Å². The molecule has 0 radical (unpaired) electrons. The van der Waals surface area contributed by atoms with Gasteiger partial charge in [0.25, 0.3) is 0 Å². The zero-order valence-corrected chi connectivity index (χ0v) is 10.1. The molecule has 2 aromatic rings. The van der Waals surface area contributed by atoms with E-state index in [-0.39, 0.29) is 5.75 Å². The van der Waals surface area contributed by atoms with E-state index in [9.17, 15) is 4.79 Å². The second-order valence-electron chi connectivity index (χ2n) is 3.60. The SMILES string of the molecule is O=C(O)/C=C/c1ccc(O)cc1.Oc1ccccc1. The molecule has 0 spiro atoms. The molecule has 3 N–H and O–H groups in total. The number of hydrogen-bond acceptors (Lipinski definition) is 3. The quantitative estimate of drug-likeness (QED) is 0.724. The maximum absolute atomic E-state index is 10.1. The third-order valence-electron chi connectivity index (χ3n) is 2.07. The molecule has 0 atom stereocenters. The van der Waals surface area contributed by atoms with Crippen LogP contribution in [0.5, 0.6) is 11.5 Å². The van der Waals surface area contributed by atoms with E-state index >= 15 is 0 Å². The van der Waals surface area contributed by atoms with Crippen molar-refractivity contribution in [3.05, 3.63) is 66.2 Å². The normalized spacial score (nSPS) is 9.68. The average Bonchev–Trinajstić information content (AvgIpc) is 2.40. The first-order valence-corrected chi connectivity index (χ1v) is 5.52. The maximum Gasteiger partial charge on any atom is 0.328 e. The molecule has 0 saturated heterocycles. The van der Waals surface area contributed by atoms with Gasteiger partial charge in [-0.05, 0) is 35.9 Å². The molecule has 0 heterocycles. The van der Waals surface area contributed by atoms with E-state index in [2.05, 4.69) is 0 Å². The van der Waals surface area contributed by atoms with Gasteiger partial charge in [0.2, 0.25) is 0 Å². The first-order chi connectivity index (χ1) is 9.08. The number of carboxylic acids is 1. The minimum Gasteiger partial charge on any atom is -0.508 e. The van der Waals surface area contributed by atoms with Gasteiger partial charge in [0.05, 0.1) is 0 Å². The van der Waals surface area contributed by atoms with Gasteiger partial charge >= 0.3 is 5.97 Å². The van der Waals surface area contributed by atoms with Crippen LogP contribution in [0.15, 0.2) is 60.7 Å². The lowest BCUT2D eigenvalue weighted by atomic mass is 10.2. The van der Waals surface area contributed by atoms with Crippen LogP contribution in [0, 0.1) is 0 Å². The van der Waals surface area contributed by atoms with Crippen molar-refractivity contribution in [3.8, 4) is 11.5 Å². The lowest BCUT2D eigenvalue weighted by Gasteiger charge is -1.92. The molecular formula is C15H14O4. The molecule has 0 aliphatic heterocycles. The molecule has 2 rings (SSSR count). The molecule has 0 aliphatic carbocycles. The van der Waals surface area contributed by atoms with Crippen LogP contribution in [-0.4, -0.2) is 21.3 Å². The fourth-order valence-corrected chi connectivity index (χ4v) is 1.18. The largest absolute Gasteiger partial charge is 0.508 e. The van der Waals surface area contributed by atoms with Gasteiger partial charge < -0.3 is 15.3 Å². The number of para-hydroxylation sites is 1. The van der Waals surface area contributed by atoms with E-state index in [4.69, 9.17) is 15.3 Å². The zero-order valence-electron chi connectivity index (χ0n) is 10.1. The number of rotatable bonds is 2. The summed E-state index contributed by atoms with van der Waals surface area (Å²) in [7, 11) is 0. The zero-order chi connectivity index (χ0) is 14.1. The molecule has 0 aliphatic rings. The first-order valence-electron chi connectivity index (χ1n) is 5.52. The minimum atomic E-state index is -0.983. The predicted octanol–water partition coefficient (Wildman–Crippen LogP) is 2.88. The van der Waals surface area contributed by atoms with Crippen LogP contribution in [0.25, 0.3) is 6.08 Å². The van der Waals surface area contributed by atoms with Gasteiger partial charge in [0, 0.05) is 6.08 Å². The summed E-state index contributed by atoms with van der Waals surface area (Å²) >= 11 is 0. The van der Waals surface area contributed by atoms with Gasteiger partial charge in [-0.3, -0.25) is 0 Å². The highest BCUT2D eigenvalue weighted by atomic mass is 16.4. The Balaban J connectivity index is 0.000000218. The van der Waals surface area contributed by atoms with E-state index in [0.29, 0.717) is 5.75 Å². The van der Waals surface area contributed by atoms with E-state index in [1.165, 1.54) is 18.2 Å². The fourth-order valence-electron chi connectivity index (χ4n) is 1.18. The standard InChI is InChI=1S/C9H8O3.C6H6O/c10-8-4-1-7(2-5-8)3-6-9(11)12;7-6-4-2-1-3-5-6/h1-6,10H,(H,11,12);1-5,7H/b6-3+;. The van der Waals surface area contributed by atoms with Crippen LogP contribution in [0.4, 0.5) is 0 Å². The Kier molecular flexibility index (Phi) is 5.69. The van der Waals surface area contributed by atoms with Crippen molar-refractivity contribution in [1.82, 2.24) is 0 Å². The number of hydrogen-bond donors (Lipinski definition) is 3. The summed E-state index contributed by atoms with van der Waals surface area (Å²) in [6.45, 7) is 0. The minimum absolute atomic E-state index is 0.169. The number of phenolic OH excluding ortho intramolecular Hbond substituents is 2. The lowest BCUT2D eigenvalue weighted by molar-refractivity contribution is -0.131. The molecule has 0 aromatic heterocycles. The molecule has 0 fully saturated rings. The summed E-state index contributed by atoms with van der Waals surface area (Å²) in [6.07, 6.45) is 2.51. The Labute approximate surface area is 110 Å².